The largest absolute Gasteiger partial charge is 0.465 e. The Kier molecular flexibility index (Phi) is 7.14. The second-order valence-electron chi connectivity index (χ2n) is 6.97. The molecule has 0 radical (unpaired) electrons. The van der Waals surface area contributed by atoms with E-state index in [4.69, 9.17) is 23.2 Å². The van der Waals surface area contributed by atoms with E-state index in [1.807, 2.05) is 46.0 Å². The summed E-state index contributed by atoms with van der Waals surface area (Å²) in [5.41, 5.74) is -0.0832. The topological polar surface area (TPSA) is 52.6 Å². The van der Waals surface area contributed by atoms with Gasteiger partial charge in [0.25, 0.3) is 0 Å². The van der Waals surface area contributed by atoms with E-state index in [1.54, 1.807) is 6.07 Å². The Balaban J connectivity index is 3.44. The number of hydrogen-bond acceptors (Lipinski definition) is 2. The van der Waals surface area contributed by atoms with E-state index < -0.39 is 17.0 Å². The van der Waals surface area contributed by atoms with Gasteiger partial charge in [0, 0.05) is 24.0 Å². The summed E-state index contributed by atoms with van der Waals surface area (Å²) in [6, 6.07) is 5.46. The fourth-order valence-corrected chi connectivity index (χ4v) is 3.14. The standard InChI is InChI=1S/C18H26Cl2N2O2/c1-6-9-18(11-21-5,12-22(16(23)24)17(2,3)4)13-7-8-14(19)15(20)10-13/h6-8,10,21H,1,9,11-12H2,2-5H3,(H,23,24). The Bertz CT molecular complexity index is 599. The molecule has 134 valence electrons. The molecule has 1 amide bonds. The maximum absolute atomic E-state index is 11.8. The van der Waals surface area contributed by atoms with Gasteiger partial charge in [0.15, 0.2) is 0 Å². The van der Waals surface area contributed by atoms with Gasteiger partial charge in [-0.15, -0.1) is 6.58 Å². The number of nitrogens with one attached hydrogen (secondary N) is 1. The van der Waals surface area contributed by atoms with E-state index in [1.165, 1.54) is 4.90 Å². The molecule has 0 heterocycles. The Hall–Kier alpha value is -1.23. The Morgan fingerprint density at radius 2 is 1.96 bits per heavy atom. The number of halogens is 2. The van der Waals surface area contributed by atoms with Gasteiger partial charge in [-0.2, -0.15) is 0 Å². The number of carboxylic acid groups (broad SMARTS) is 1. The van der Waals surface area contributed by atoms with Crippen molar-refractivity contribution in [3.8, 4) is 0 Å². The first kappa shape index (κ1) is 20.8. The van der Waals surface area contributed by atoms with Gasteiger partial charge in [0.2, 0.25) is 0 Å². The van der Waals surface area contributed by atoms with Crippen molar-refractivity contribution in [2.75, 3.05) is 20.1 Å². The maximum atomic E-state index is 11.8. The van der Waals surface area contributed by atoms with Crippen LogP contribution in [0.4, 0.5) is 4.79 Å². The molecule has 0 saturated carbocycles. The van der Waals surface area contributed by atoms with Crippen LogP contribution < -0.4 is 5.32 Å². The van der Waals surface area contributed by atoms with Gasteiger partial charge in [-0.25, -0.2) is 4.79 Å². The first-order chi connectivity index (χ1) is 11.1. The number of allylic oxidation sites excluding steroid dienone is 1. The quantitative estimate of drug-likeness (QED) is 0.675. The lowest BCUT2D eigenvalue weighted by atomic mass is 9.76. The Morgan fingerprint density at radius 3 is 2.38 bits per heavy atom. The molecule has 24 heavy (non-hydrogen) atoms. The van der Waals surface area contributed by atoms with Crippen LogP contribution in [-0.4, -0.2) is 41.8 Å². The van der Waals surface area contributed by atoms with Crippen LogP contribution in [0, 0.1) is 0 Å². The molecule has 0 spiro atoms. The highest BCUT2D eigenvalue weighted by molar-refractivity contribution is 6.42. The molecule has 0 aliphatic rings. The lowest BCUT2D eigenvalue weighted by Crippen LogP contribution is -2.54. The number of benzene rings is 1. The summed E-state index contributed by atoms with van der Waals surface area (Å²) >= 11 is 12.2. The van der Waals surface area contributed by atoms with Gasteiger partial charge in [-0.3, -0.25) is 0 Å². The van der Waals surface area contributed by atoms with Crippen molar-refractivity contribution in [1.29, 1.82) is 0 Å². The molecule has 1 aromatic rings. The monoisotopic (exact) mass is 372 g/mol. The van der Waals surface area contributed by atoms with E-state index >= 15 is 0 Å². The number of hydrogen-bond donors (Lipinski definition) is 2. The van der Waals surface area contributed by atoms with Crippen molar-refractivity contribution in [2.45, 2.75) is 38.1 Å². The van der Waals surface area contributed by atoms with E-state index in [0.29, 0.717) is 29.6 Å². The molecule has 1 atom stereocenters. The number of rotatable bonds is 7. The van der Waals surface area contributed by atoms with Gasteiger partial charge in [0.1, 0.15) is 0 Å². The van der Waals surface area contributed by atoms with E-state index in [0.717, 1.165) is 5.56 Å². The normalized spacial score (nSPS) is 14.1. The van der Waals surface area contributed by atoms with Crippen LogP contribution in [0.3, 0.4) is 0 Å². The van der Waals surface area contributed by atoms with Crippen LogP contribution in [0.5, 0.6) is 0 Å². The third-order valence-corrected chi connectivity index (χ3v) is 4.82. The second kappa shape index (κ2) is 8.24. The van der Waals surface area contributed by atoms with Crippen molar-refractivity contribution < 1.29 is 9.90 Å². The van der Waals surface area contributed by atoms with Crippen molar-refractivity contribution >= 4 is 29.3 Å². The molecule has 1 unspecified atom stereocenters. The lowest BCUT2D eigenvalue weighted by Gasteiger charge is -2.42. The number of likely N-dealkylation sites (N-methyl/N-ethyl adjacent to an activating group) is 1. The minimum absolute atomic E-state index is 0.316. The SMILES string of the molecule is C=CCC(CNC)(CN(C(=O)O)C(C)(C)C)c1ccc(Cl)c(Cl)c1. The van der Waals surface area contributed by atoms with Crippen LogP contribution in [0.2, 0.25) is 10.0 Å². The number of carbonyl (C=O) groups is 1. The van der Waals surface area contributed by atoms with E-state index in [2.05, 4.69) is 11.9 Å². The van der Waals surface area contributed by atoms with Crippen LogP contribution >= 0.6 is 23.2 Å². The third kappa shape index (κ3) is 4.88. The minimum Gasteiger partial charge on any atom is -0.465 e. The Morgan fingerprint density at radius 1 is 1.33 bits per heavy atom. The maximum Gasteiger partial charge on any atom is 0.407 e. The molecule has 4 nitrogen and oxygen atoms in total. The highest BCUT2D eigenvalue weighted by atomic mass is 35.5. The Labute approximate surface area is 154 Å². The predicted octanol–water partition coefficient (Wildman–Crippen LogP) is 4.81. The van der Waals surface area contributed by atoms with Crippen molar-refractivity contribution in [1.82, 2.24) is 10.2 Å². The molecule has 0 fully saturated rings. The third-order valence-electron chi connectivity index (χ3n) is 4.08. The minimum atomic E-state index is -0.952. The summed E-state index contributed by atoms with van der Waals surface area (Å²) in [7, 11) is 1.84. The van der Waals surface area contributed by atoms with Crippen LogP contribution in [0.1, 0.15) is 32.8 Å². The average Bonchev–Trinajstić information content (AvgIpc) is 2.46. The predicted molar refractivity (Wildman–Crippen MR) is 101 cm³/mol. The molecule has 0 saturated heterocycles. The van der Waals surface area contributed by atoms with E-state index in [9.17, 15) is 9.90 Å². The van der Waals surface area contributed by atoms with Crippen molar-refractivity contribution in [3.63, 3.8) is 0 Å². The van der Waals surface area contributed by atoms with E-state index in [-0.39, 0.29) is 0 Å². The molecule has 0 aliphatic heterocycles. The summed E-state index contributed by atoms with van der Waals surface area (Å²) in [6.45, 7) is 10.4. The summed E-state index contributed by atoms with van der Waals surface area (Å²) in [6.07, 6.45) is 1.46. The fourth-order valence-electron chi connectivity index (χ4n) is 2.84. The first-order valence-electron chi connectivity index (χ1n) is 7.79. The molecule has 2 N–H and O–H groups in total. The van der Waals surface area contributed by atoms with Gasteiger partial charge in [-0.05, 0) is 51.9 Å². The molecule has 0 aromatic heterocycles. The molecule has 1 aromatic carbocycles. The average molecular weight is 373 g/mol. The summed E-state index contributed by atoms with van der Waals surface area (Å²) in [4.78, 5) is 13.3. The highest BCUT2D eigenvalue weighted by Crippen LogP contribution is 2.35. The zero-order valence-corrected chi connectivity index (χ0v) is 16.2. The van der Waals surface area contributed by atoms with Crippen LogP contribution in [-0.2, 0) is 5.41 Å². The van der Waals surface area contributed by atoms with Gasteiger partial charge < -0.3 is 15.3 Å². The molecular weight excluding hydrogens is 347 g/mol. The van der Waals surface area contributed by atoms with Crippen LogP contribution in [0.15, 0.2) is 30.9 Å². The summed E-state index contributed by atoms with van der Waals surface area (Å²) in [5.74, 6) is 0. The molecule has 1 rings (SSSR count). The molecule has 0 aliphatic carbocycles. The van der Waals surface area contributed by atoms with Gasteiger partial charge >= 0.3 is 6.09 Å². The molecule has 0 bridgehead atoms. The van der Waals surface area contributed by atoms with Crippen LogP contribution in [0.25, 0.3) is 0 Å². The van der Waals surface area contributed by atoms with Gasteiger partial charge in [0.05, 0.1) is 10.0 Å². The fraction of sp³-hybridized carbons (Fsp3) is 0.500. The summed E-state index contributed by atoms with van der Waals surface area (Å²) < 4.78 is 0. The number of nitrogens with zero attached hydrogens (tertiary/aromatic N) is 1. The smallest absolute Gasteiger partial charge is 0.407 e. The molecule has 6 heteroatoms. The zero-order valence-electron chi connectivity index (χ0n) is 14.7. The summed E-state index contributed by atoms with van der Waals surface area (Å²) in [5, 5.41) is 13.8. The number of amides is 1. The second-order valence-corrected chi connectivity index (χ2v) is 7.79. The van der Waals surface area contributed by atoms with Crippen molar-refractivity contribution in [2.24, 2.45) is 0 Å². The molecular formula is C18H26Cl2N2O2. The van der Waals surface area contributed by atoms with Crippen molar-refractivity contribution in [3.05, 3.63) is 46.5 Å². The first-order valence-corrected chi connectivity index (χ1v) is 8.54. The highest BCUT2D eigenvalue weighted by Gasteiger charge is 2.38. The lowest BCUT2D eigenvalue weighted by molar-refractivity contribution is 0.0819. The van der Waals surface area contributed by atoms with Gasteiger partial charge in [-0.1, -0.05) is 35.3 Å². The zero-order chi connectivity index (χ0) is 18.5.